The van der Waals surface area contributed by atoms with Crippen molar-refractivity contribution >= 4 is 5.91 Å². The average Bonchev–Trinajstić information content (AvgIpc) is 2.64. The largest absolute Gasteiger partial charge is 0.273 e. The average molecular weight is 255 g/mol. The first-order valence-electron chi connectivity index (χ1n) is 7.77. The predicted octanol–water partition coefficient (Wildman–Crippen LogP) is 4.12. The summed E-state index contributed by atoms with van der Waals surface area (Å²) in [4.78, 5) is 17.1. The standard InChI is InChI=1S/C15H29NO2/c1-2-3-4-5-10-13-15(17)16-18-14-11-8-6-7-9-12-14/h14H,2-13H2,1H3,(H,16,17). The number of nitrogens with one attached hydrogen (secondary N) is 1. The third-order valence-electron chi connectivity index (χ3n) is 3.65. The quantitative estimate of drug-likeness (QED) is 0.402. The first kappa shape index (κ1) is 15.5. The van der Waals surface area contributed by atoms with Gasteiger partial charge >= 0.3 is 0 Å². The van der Waals surface area contributed by atoms with Gasteiger partial charge in [0.2, 0.25) is 5.91 Å². The summed E-state index contributed by atoms with van der Waals surface area (Å²) in [5.74, 6) is 0.0516. The van der Waals surface area contributed by atoms with Crippen LogP contribution in [0, 0.1) is 0 Å². The molecule has 0 aromatic carbocycles. The maximum Gasteiger partial charge on any atom is 0.243 e. The van der Waals surface area contributed by atoms with Crippen LogP contribution in [0.25, 0.3) is 0 Å². The molecule has 1 aliphatic rings. The Morgan fingerprint density at radius 2 is 1.72 bits per heavy atom. The van der Waals surface area contributed by atoms with E-state index in [0.717, 1.165) is 25.7 Å². The number of amides is 1. The van der Waals surface area contributed by atoms with Crippen LogP contribution in [0.3, 0.4) is 0 Å². The first-order chi connectivity index (χ1) is 8.83. The van der Waals surface area contributed by atoms with Crippen molar-refractivity contribution in [3.63, 3.8) is 0 Å². The summed E-state index contributed by atoms with van der Waals surface area (Å²) in [5.41, 5.74) is 2.63. The Morgan fingerprint density at radius 1 is 1.06 bits per heavy atom. The molecule has 0 spiro atoms. The molecule has 0 unspecified atom stereocenters. The zero-order chi connectivity index (χ0) is 13.1. The summed E-state index contributed by atoms with van der Waals surface area (Å²) < 4.78 is 0. The molecule has 0 bridgehead atoms. The fraction of sp³-hybridized carbons (Fsp3) is 0.933. The molecule has 18 heavy (non-hydrogen) atoms. The Balaban J connectivity index is 1.98. The zero-order valence-corrected chi connectivity index (χ0v) is 11.9. The summed E-state index contributed by atoms with van der Waals surface area (Å²) in [6.45, 7) is 2.20. The van der Waals surface area contributed by atoms with Crippen molar-refractivity contribution in [2.45, 2.75) is 90.1 Å². The van der Waals surface area contributed by atoms with Gasteiger partial charge in [-0.15, -0.1) is 0 Å². The molecular formula is C15H29NO2. The lowest BCUT2D eigenvalue weighted by atomic mass is 10.1. The van der Waals surface area contributed by atoms with Crippen molar-refractivity contribution in [2.75, 3.05) is 0 Å². The summed E-state index contributed by atoms with van der Waals surface area (Å²) >= 11 is 0. The van der Waals surface area contributed by atoms with E-state index in [0.29, 0.717) is 6.42 Å². The molecule has 0 radical (unpaired) electrons. The second-order valence-electron chi connectivity index (χ2n) is 5.42. The van der Waals surface area contributed by atoms with E-state index in [2.05, 4.69) is 12.4 Å². The van der Waals surface area contributed by atoms with Crippen LogP contribution in [-0.2, 0) is 9.63 Å². The predicted molar refractivity (Wildman–Crippen MR) is 74.1 cm³/mol. The Kier molecular flexibility index (Phi) is 8.92. The number of hydrogen-bond acceptors (Lipinski definition) is 2. The van der Waals surface area contributed by atoms with Gasteiger partial charge in [0.15, 0.2) is 0 Å². The Morgan fingerprint density at radius 3 is 2.39 bits per heavy atom. The summed E-state index contributed by atoms with van der Waals surface area (Å²) in [6, 6.07) is 0. The minimum atomic E-state index is 0.0516. The van der Waals surface area contributed by atoms with E-state index in [9.17, 15) is 4.79 Å². The van der Waals surface area contributed by atoms with Gasteiger partial charge in [-0.25, -0.2) is 5.48 Å². The van der Waals surface area contributed by atoms with Gasteiger partial charge in [0.25, 0.3) is 0 Å². The fourth-order valence-corrected chi connectivity index (χ4v) is 2.45. The zero-order valence-electron chi connectivity index (χ0n) is 11.9. The molecule has 3 heteroatoms. The van der Waals surface area contributed by atoms with Gasteiger partial charge in [-0.05, 0) is 19.3 Å². The molecule has 0 atom stereocenters. The molecule has 0 aromatic rings. The van der Waals surface area contributed by atoms with E-state index in [1.807, 2.05) is 0 Å². The number of unbranched alkanes of at least 4 members (excludes halogenated alkanes) is 4. The minimum Gasteiger partial charge on any atom is -0.273 e. The van der Waals surface area contributed by atoms with Crippen LogP contribution in [0.4, 0.5) is 0 Å². The van der Waals surface area contributed by atoms with Crippen LogP contribution >= 0.6 is 0 Å². The highest BCUT2D eigenvalue weighted by atomic mass is 16.7. The van der Waals surface area contributed by atoms with Crippen LogP contribution in [0.5, 0.6) is 0 Å². The van der Waals surface area contributed by atoms with Gasteiger partial charge in [0, 0.05) is 6.42 Å². The van der Waals surface area contributed by atoms with Gasteiger partial charge in [-0.3, -0.25) is 9.63 Å². The van der Waals surface area contributed by atoms with E-state index < -0.39 is 0 Å². The number of carbonyl (C=O) groups is 1. The Hall–Kier alpha value is -0.570. The molecule has 0 heterocycles. The van der Waals surface area contributed by atoms with Crippen LogP contribution in [0.1, 0.15) is 84.0 Å². The lowest BCUT2D eigenvalue weighted by Gasteiger charge is -2.15. The monoisotopic (exact) mass is 255 g/mol. The summed E-state index contributed by atoms with van der Waals surface area (Å²) in [6.07, 6.45) is 14.0. The fourth-order valence-electron chi connectivity index (χ4n) is 2.45. The van der Waals surface area contributed by atoms with Crippen LogP contribution in [0.15, 0.2) is 0 Å². The molecule has 3 nitrogen and oxygen atoms in total. The molecule has 1 amide bonds. The third kappa shape index (κ3) is 7.70. The van der Waals surface area contributed by atoms with Crippen molar-refractivity contribution < 1.29 is 9.63 Å². The molecule has 1 fully saturated rings. The van der Waals surface area contributed by atoms with Crippen molar-refractivity contribution in [3.8, 4) is 0 Å². The van der Waals surface area contributed by atoms with Gasteiger partial charge < -0.3 is 0 Å². The first-order valence-corrected chi connectivity index (χ1v) is 7.77. The van der Waals surface area contributed by atoms with Gasteiger partial charge in [-0.2, -0.15) is 0 Å². The number of carbonyl (C=O) groups excluding carboxylic acids is 1. The Bertz CT molecular complexity index is 211. The molecule has 0 aliphatic heterocycles. The molecular weight excluding hydrogens is 226 g/mol. The number of hydroxylamine groups is 1. The third-order valence-corrected chi connectivity index (χ3v) is 3.65. The van der Waals surface area contributed by atoms with Crippen LogP contribution in [0.2, 0.25) is 0 Å². The Labute approximate surface area is 112 Å². The van der Waals surface area contributed by atoms with Gasteiger partial charge in [0.1, 0.15) is 0 Å². The lowest BCUT2D eigenvalue weighted by molar-refractivity contribution is -0.139. The molecule has 1 N–H and O–H groups in total. The molecule has 0 saturated heterocycles. The van der Waals surface area contributed by atoms with Crippen molar-refractivity contribution in [2.24, 2.45) is 0 Å². The van der Waals surface area contributed by atoms with Crippen LogP contribution in [-0.4, -0.2) is 12.0 Å². The van der Waals surface area contributed by atoms with E-state index in [4.69, 9.17) is 4.84 Å². The lowest BCUT2D eigenvalue weighted by Crippen LogP contribution is -2.29. The highest BCUT2D eigenvalue weighted by molar-refractivity contribution is 5.74. The summed E-state index contributed by atoms with van der Waals surface area (Å²) in [5, 5.41) is 0. The van der Waals surface area contributed by atoms with E-state index in [-0.39, 0.29) is 12.0 Å². The normalized spacial score (nSPS) is 17.4. The van der Waals surface area contributed by atoms with Gasteiger partial charge in [-0.1, -0.05) is 58.3 Å². The summed E-state index contributed by atoms with van der Waals surface area (Å²) in [7, 11) is 0. The van der Waals surface area contributed by atoms with Crippen molar-refractivity contribution in [3.05, 3.63) is 0 Å². The maximum atomic E-state index is 11.6. The SMILES string of the molecule is CCCCCCCC(=O)NOC1CCCCCC1. The maximum absolute atomic E-state index is 11.6. The topological polar surface area (TPSA) is 38.3 Å². The van der Waals surface area contributed by atoms with E-state index in [1.54, 1.807) is 0 Å². The molecule has 0 aromatic heterocycles. The molecule has 1 aliphatic carbocycles. The smallest absolute Gasteiger partial charge is 0.243 e. The second-order valence-corrected chi connectivity index (χ2v) is 5.42. The molecule has 1 saturated carbocycles. The van der Waals surface area contributed by atoms with Crippen molar-refractivity contribution in [1.29, 1.82) is 0 Å². The molecule has 1 rings (SSSR count). The van der Waals surface area contributed by atoms with Gasteiger partial charge in [0.05, 0.1) is 6.10 Å². The highest BCUT2D eigenvalue weighted by Gasteiger charge is 2.13. The minimum absolute atomic E-state index is 0.0516. The number of hydrogen-bond donors (Lipinski definition) is 1. The highest BCUT2D eigenvalue weighted by Crippen LogP contribution is 2.19. The van der Waals surface area contributed by atoms with Crippen molar-refractivity contribution in [1.82, 2.24) is 5.48 Å². The second kappa shape index (κ2) is 10.4. The number of rotatable bonds is 8. The molecule has 106 valence electrons. The van der Waals surface area contributed by atoms with E-state index >= 15 is 0 Å². The van der Waals surface area contributed by atoms with E-state index in [1.165, 1.54) is 44.9 Å². The van der Waals surface area contributed by atoms with Crippen LogP contribution < -0.4 is 5.48 Å².